The fourth-order valence-electron chi connectivity index (χ4n) is 2.53. The van der Waals surface area contributed by atoms with E-state index < -0.39 is 0 Å². The first-order chi connectivity index (χ1) is 11.1. The van der Waals surface area contributed by atoms with E-state index >= 15 is 0 Å². The standard InChI is InChI=1S/C15H13ClN4O2S/c16-15-17-7-10(23-15)8-20-11-3-1-2-6-19(11)12(14(20)22)13(21)18-9-4-5-9/h1-3,6-7,9H,4-5,8H2,(H-,18,21,22). The van der Waals surface area contributed by atoms with Crippen molar-refractivity contribution in [3.63, 3.8) is 0 Å². The number of aromatic nitrogens is 3. The molecule has 3 heterocycles. The minimum Gasteiger partial charge on any atom is -0.839 e. The number of thiazole rings is 1. The Kier molecular flexibility index (Phi) is 3.46. The van der Waals surface area contributed by atoms with Gasteiger partial charge in [-0.1, -0.05) is 17.7 Å². The molecule has 1 amide bonds. The molecule has 1 aliphatic carbocycles. The molecule has 0 aromatic carbocycles. The number of hydrogen-bond acceptors (Lipinski definition) is 4. The summed E-state index contributed by atoms with van der Waals surface area (Å²) in [6.07, 6.45) is 5.33. The molecule has 1 fully saturated rings. The summed E-state index contributed by atoms with van der Waals surface area (Å²) in [6, 6.07) is 5.66. The van der Waals surface area contributed by atoms with Crippen molar-refractivity contribution in [1.29, 1.82) is 0 Å². The molecule has 0 radical (unpaired) electrons. The molecule has 0 saturated heterocycles. The van der Waals surface area contributed by atoms with Crippen molar-refractivity contribution in [2.24, 2.45) is 0 Å². The molecule has 23 heavy (non-hydrogen) atoms. The molecule has 118 valence electrons. The zero-order chi connectivity index (χ0) is 16.0. The van der Waals surface area contributed by atoms with E-state index in [0.29, 0.717) is 16.7 Å². The molecule has 4 rings (SSSR count). The van der Waals surface area contributed by atoms with Gasteiger partial charge in [-0.15, -0.1) is 11.3 Å². The van der Waals surface area contributed by atoms with Crippen molar-refractivity contribution < 1.29 is 14.3 Å². The number of pyridine rings is 1. The van der Waals surface area contributed by atoms with Gasteiger partial charge >= 0.3 is 0 Å². The zero-order valence-electron chi connectivity index (χ0n) is 12.0. The van der Waals surface area contributed by atoms with Gasteiger partial charge in [0, 0.05) is 18.3 Å². The minimum absolute atomic E-state index is 0.142. The maximum absolute atomic E-state index is 12.8. The van der Waals surface area contributed by atoms with Crippen LogP contribution in [0.2, 0.25) is 4.47 Å². The van der Waals surface area contributed by atoms with E-state index in [1.165, 1.54) is 11.3 Å². The number of nitrogens with zero attached hydrogens (tertiary/aromatic N) is 3. The molecular weight excluding hydrogens is 336 g/mol. The Morgan fingerprint density at radius 2 is 2.35 bits per heavy atom. The van der Waals surface area contributed by atoms with E-state index in [0.717, 1.165) is 17.7 Å². The molecule has 1 aliphatic rings. The molecule has 0 spiro atoms. The number of amides is 1. The molecule has 0 unspecified atom stereocenters. The van der Waals surface area contributed by atoms with Gasteiger partial charge in [0.05, 0.1) is 11.1 Å². The fraction of sp³-hybridized carbons (Fsp3) is 0.267. The smallest absolute Gasteiger partial charge is 0.295 e. The third kappa shape index (κ3) is 2.66. The molecule has 1 N–H and O–H groups in total. The first kappa shape index (κ1) is 14.5. The number of halogens is 1. The van der Waals surface area contributed by atoms with Gasteiger partial charge < -0.3 is 10.4 Å². The summed E-state index contributed by atoms with van der Waals surface area (Å²) in [7, 11) is 0. The summed E-state index contributed by atoms with van der Waals surface area (Å²) in [5.74, 6) is -0.626. The monoisotopic (exact) mass is 348 g/mol. The van der Waals surface area contributed by atoms with Gasteiger partial charge in [-0.2, -0.15) is 4.40 Å². The number of nitrogens with one attached hydrogen (secondary N) is 1. The van der Waals surface area contributed by atoms with Crippen LogP contribution in [0.4, 0.5) is 0 Å². The molecule has 1 saturated carbocycles. The average Bonchev–Trinajstić information content (AvgIpc) is 3.18. The molecule has 0 aliphatic heterocycles. The third-order valence-corrected chi connectivity index (χ3v) is 4.87. The lowest BCUT2D eigenvalue weighted by atomic mass is 10.4. The fourth-order valence-corrected chi connectivity index (χ4v) is 3.50. The van der Waals surface area contributed by atoms with Crippen LogP contribution < -0.4 is 14.8 Å². The molecule has 0 bridgehead atoms. The van der Waals surface area contributed by atoms with Crippen molar-refractivity contribution in [3.8, 4) is 5.88 Å². The summed E-state index contributed by atoms with van der Waals surface area (Å²) in [5.41, 5.74) is 0.811. The maximum Gasteiger partial charge on any atom is 0.295 e. The zero-order valence-corrected chi connectivity index (χ0v) is 13.6. The summed E-state index contributed by atoms with van der Waals surface area (Å²) in [5, 5.41) is 15.7. The number of imidazole rings is 1. The summed E-state index contributed by atoms with van der Waals surface area (Å²) in [4.78, 5) is 17.3. The molecule has 3 aromatic rings. The summed E-state index contributed by atoms with van der Waals surface area (Å²) in [6.45, 7) is 0.341. The van der Waals surface area contributed by atoms with Gasteiger partial charge in [0.2, 0.25) is 5.69 Å². The average molecular weight is 349 g/mol. The summed E-state index contributed by atoms with van der Waals surface area (Å²) < 4.78 is 3.65. The highest BCUT2D eigenvalue weighted by Gasteiger charge is 2.30. The van der Waals surface area contributed by atoms with Crippen molar-refractivity contribution in [2.75, 3.05) is 0 Å². The topological polar surface area (TPSA) is 74.1 Å². The van der Waals surface area contributed by atoms with Crippen molar-refractivity contribution in [1.82, 2.24) is 14.9 Å². The number of fused-ring (bicyclic) bond motifs is 1. The van der Waals surface area contributed by atoms with E-state index in [9.17, 15) is 9.90 Å². The van der Waals surface area contributed by atoms with Gasteiger partial charge in [0.1, 0.15) is 12.4 Å². The van der Waals surface area contributed by atoms with Crippen LogP contribution in [-0.4, -0.2) is 21.5 Å². The van der Waals surface area contributed by atoms with E-state index in [2.05, 4.69) is 10.3 Å². The molecule has 0 atom stereocenters. The van der Waals surface area contributed by atoms with Crippen LogP contribution in [-0.2, 0) is 6.54 Å². The van der Waals surface area contributed by atoms with Crippen LogP contribution in [0.5, 0.6) is 5.88 Å². The Hall–Kier alpha value is -2.12. The van der Waals surface area contributed by atoms with Crippen LogP contribution in [0, 0.1) is 0 Å². The third-order valence-electron chi connectivity index (χ3n) is 3.77. The number of hydrogen-bond donors (Lipinski definition) is 1. The Balaban J connectivity index is 1.80. The highest BCUT2D eigenvalue weighted by atomic mass is 35.5. The van der Waals surface area contributed by atoms with Crippen molar-refractivity contribution in [2.45, 2.75) is 25.4 Å². The first-order valence-corrected chi connectivity index (χ1v) is 8.44. The van der Waals surface area contributed by atoms with Gasteiger partial charge in [-0.05, 0) is 18.9 Å². The number of rotatable bonds is 4. The van der Waals surface area contributed by atoms with Crippen LogP contribution >= 0.6 is 22.9 Å². The van der Waals surface area contributed by atoms with Crippen LogP contribution in [0.1, 0.15) is 28.2 Å². The first-order valence-electron chi connectivity index (χ1n) is 7.24. The second kappa shape index (κ2) is 5.50. The van der Waals surface area contributed by atoms with Crippen molar-refractivity contribution in [3.05, 3.63) is 45.6 Å². The Labute approximate surface area is 141 Å². The Morgan fingerprint density at radius 3 is 3.04 bits per heavy atom. The van der Waals surface area contributed by atoms with Gasteiger partial charge in [-0.3, -0.25) is 4.79 Å². The highest BCUT2D eigenvalue weighted by Crippen LogP contribution is 2.24. The summed E-state index contributed by atoms with van der Waals surface area (Å²) >= 11 is 7.18. The normalized spacial score (nSPS) is 14.3. The second-order valence-electron chi connectivity index (χ2n) is 5.50. The molecular formula is C15H13ClN4O2S. The Bertz CT molecular complexity index is 900. The van der Waals surface area contributed by atoms with Crippen LogP contribution in [0.25, 0.3) is 5.65 Å². The van der Waals surface area contributed by atoms with Crippen LogP contribution in [0.15, 0.2) is 30.6 Å². The van der Waals surface area contributed by atoms with E-state index in [-0.39, 0.29) is 23.5 Å². The largest absolute Gasteiger partial charge is 0.839 e. The second-order valence-corrected chi connectivity index (χ2v) is 7.19. The van der Waals surface area contributed by atoms with Gasteiger partial charge in [0.25, 0.3) is 11.6 Å². The predicted octanol–water partition coefficient (Wildman–Crippen LogP) is 1.35. The van der Waals surface area contributed by atoms with Crippen molar-refractivity contribution >= 4 is 34.5 Å². The van der Waals surface area contributed by atoms with E-state index in [4.69, 9.17) is 11.6 Å². The number of carbonyl (C=O) groups excluding carboxylic acids is 1. The SMILES string of the molecule is O=C(NC1CC1)c1c([O-])n(Cc2cnc(Cl)s2)c2cccc[n+]12. The highest BCUT2D eigenvalue weighted by molar-refractivity contribution is 7.15. The lowest BCUT2D eigenvalue weighted by Crippen LogP contribution is -2.35. The lowest BCUT2D eigenvalue weighted by molar-refractivity contribution is -0.516. The van der Waals surface area contributed by atoms with Crippen LogP contribution in [0.3, 0.4) is 0 Å². The number of carbonyl (C=O) groups is 1. The predicted molar refractivity (Wildman–Crippen MR) is 83.8 cm³/mol. The molecule has 3 aromatic heterocycles. The quantitative estimate of drug-likeness (QED) is 0.723. The lowest BCUT2D eigenvalue weighted by Gasteiger charge is -2.06. The van der Waals surface area contributed by atoms with E-state index in [1.54, 1.807) is 27.4 Å². The maximum atomic E-state index is 12.8. The molecule has 6 nitrogen and oxygen atoms in total. The Morgan fingerprint density at radius 1 is 1.52 bits per heavy atom. The van der Waals surface area contributed by atoms with E-state index in [1.807, 2.05) is 12.1 Å². The van der Waals surface area contributed by atoms with Gasteiger partial charge in [-0.25, -0.2) is 9.55 Å². The van der Waals surface area contributed by atoms with Gasteiger partial charge in [0.15, 0.2) is 4.47 Å². The minimum atomic E-state index is -0.320. The molecule has 8 heteroatoms.